The number of nitrogens with one attached hydrogen (secondary N) is 2. The molecule has 0 spiro atoms. The fraction of sp³-hybridized carbons (Fsp3) is 0.353. The highest BCUT2D eigenvalue weighted by atomic mass is 32.2. The number of anilines is 1. The Labute approximate surface area is 140 Å². The quantitative estimate of drug-likeness (QED) is 0.751. The Hall–Kier alpha value is -1.30. The minimum Gasteiger partial charge on any atom is -0.326 e. The largest absolute Gasteiger partial charge is 0.326 e. The summed E-state index contributed by atoms with van der Waals surface area (Å²) >= 11 is 3.29. The van der Waals surface area contributed by atoms with E-state index in [1.54, 1.807) is 23.3 Å². The molecule has 0 saturated heterocycles. The third-order valence-corrected chi connectivity index (χ3v) is 4.95. The predicted molar refractivity (Wildman–Crippen MR) is 96.5 cm³/mol. The van der Waals surface area contributed by atoms with E-state index in [-0.39, 0.29) is 11.4 Å². The van der Waals surface area contributed by atoms with Gasteiger partial charge in [0, 0.05) is 27.4 Å². The highest BCUT2D eigenvalue weighted by molar-refractivity contribution is 7.97. The molecule has 2 aromatic rings. The highest BCUT2D eigenvalue weighted by Crippen LogP contribution is 2.20. The number of carbonyl (C=O) groups is 1. The van der Waals surface area contributed by atoms with Crippen LogP contribution in [0.2, 0.25) is 0 Å². The van der Waals surface area contributed by atoms with Crippen molar-refractivity contribution in [3.63, 3.8) is 0 Å². The van der Waals surface area contributed by atoms with Gasteiger partial charge in [0.2, 0.25) is 5.91 Å². The molecule has 0 radical (unpaired) electrons. The number of benzene rings is 1. The molecule has 1 heterocycles. The summed E-state index contributed by atoms with van der Waals surface area (Å²) in [4.78, 5) is 14.3. The topological polar surface area (TPSA) is 41.1 Å². The fourth-order valence-electron chi connectivity index (χ4n) is 1.73. The maximum atomic E-state index is 11.9. The first-order chi connectivity index (χ1) is 10.4. The Bertz CT molecular complexity index is 586. The van der Waals surface area contributed by atoms with Crippen LogP contribution >= 0.6 is 23.3 Å². The first-order valence-corrected chi connectivity index (χ1v) is 8.98. The summed E-state index contributed by atoms with van der Waals surface area (Å²) in [5.74, 6) is 0.0571. The van der Waals surface area contributed by atoms with E-state index >= 15 is 0 Å². The van der Waals surface area contributed by atoms with Gasteiger partial charge in [0.25, 0.3) is 0 Å². The number of amides is 1. The number of hydrogen-bond donors (Lipinski definition) is 2. The molecule has 0 fully saturated rings. The van der Waals surface area contributed by atoms with Crippen molar-refractivity contribution in [1.82, 2.24) is 4.72 Å². The van der Waals surface area contributed by atoms with Gasteiger partial charge in [-0.15, -0.1) is 11.3 Å². The van der Waals surface area contributed by atoms with Gasteiger partial charge in [-0.05, 0) is 74.9 Å². The van der Waals surface area contributed by atoms with E-state index in [0.717, 1.165) is 17.0 Å². The van der Waals surface area contributed by atoms with E-state index in [2.05, 4.69) is 36.9 Å². The van der Waals surface area contributed by atoms with Crippen molar-refractivity contribution in [2.75, 3.05) is 5.32 Å². The Morgan fingerprint density at radius 2 is 1.91 bits per heavy atom. The molecule has 1 amide bonds. The zero-order chi connectivity index (χ0) is 16.0. The lowest BCUT2D eigenvalue weighted by Gasteiger charge is -2.19. The molecule has 3 nitrogen and oxygen atoms in total. The van der Waals surface area contributed by atoms with E-state index in [9.17, 15) is 4.79 Å². The predicted octanol–water partition coefficient (Wildman–Crippen LogP) is 4.71. The van der Waals surface area contributed by atoms with Crippen molar-refractivity contribution >= 4 is 34.9 Å². The van der Waals surface area contributed by atoms with Crippen LogP contribution in [0.3, 0.4) is 0 Å². The Kier molecular flexibility index (Phi) is 6.06. The second-order valence-corrected chi connectivity index (χ2v) is 8.02. The molecule has 2 rings (SSSR count). The first-order valence-electron chi connectivity index (χ1n) is 7.29. The lowest BCUT2D eigenvalue weighted by molar-refractivity contribution is -0.116. The van der Waals surface area contributed by atoms with Crippen LogP contribution in [0.25, 0.3) is 0 Å². The van der Waals surface area contributed by atoms with Gasteiger partial charge in [0.15, 0.2) is 0 Å². The molecular formula is C17H22N2OS2. The number of thiophene rings is 1. The molecule has 0 bridgehead atoms. The Morgan fingerprint density at radius 3 is 2.50 bits per heavy atom. The van der Waals surface area contributed by atoms with Gasteiger partial charge >= 0.3 is 0 Å². The molecule has 0 unspecified atom stereocenters. The second kappa shape index (κ2) is 7.81. The summed E-state index contributed by atoms with van der Waals surface area (Å²) in [6.45, 7) is 6.38. The summed E-state index contributed by atoms with van der Waals surface area (Å²) in [7, 11) is 0. The molecule has 0 saturated carbocycles. The van der Waals surface area contributed by atoms with E-state index in [0.29, 0.717) is 6.42 Å². The SMILES string of the molecule is CC(C)(C)NSc1ccc(NC(=O)CCc2cccs2)cc1. The van der Waals surface area contributed by atoms with Crippen LogP contribution < -0.4 is 10.0 Å². The minimum absolute atomic E-state index is 0.0571. The zero-order valence-corrected chi connectivity index (χ0v) is 14.8. The summed E-state index contributed by atoms with van der Waals surface area (Å²) in [6.07, 6.45) is 1.32. The summed E-state index contributed by atoms with van der Waals surface area (Å²) in [5.41, 5.74) is 0.913. The van der Waals surface area contributed by atoms with Crippen molar-refractivity contribution in [3.05, 3.63) is 46.7 Å². The van der Waals surface area contributed by atoms with E-state index < -0.39 is 0 Å². The maximum absolute atomic E-state index is 11.9. The number of hydrogen-bond acceptors (Lipinski definition) is 4. The second-order valence-electron chi connectivity index (χ2n) is 6.11. The van der Waals surface area contributed by atoms with Gasteiger partial charge < -0.3 is 5.32 Å². The van der Waals surface area contributed by atoms with E-state index in [1.165, 1.54) is 4.88 Å². The van der Waals surface area contributed by atoms with Crippen LogP contribution in [0.1, 0.15) is 32.1 Å². The Morgan fingerprint density at radius 1 is 1.18 bits per heavy atom. The van der Waals surface area contributed by atoms with E-state index in [4.69, 9.17) is 0 Å². The maximum Gasteiger partial charge on any atom is 0.224 e. The van der Waals surface area contributed by atoms with Crippen LogP contribution in [0.5, 0.6) is 0 Å². The monoisotopic (exact) mass is 334 g/mol. The third-order valence-electron chi connectivity index (χ3n) is 2.79. The fourth-order valence-corrected chi connectivity index (χ4v) is 3.14. The zero-order valence-electron chi connectivity index (χ0n) is 13.2. The molecule has 1 aromatic heterocycles. The van der Waals surface area contributed by atoms with Crippen molar-refractivity contribution < 1.29 is 4.79 Å². The van der Waals surface area contributed by atoms with Crippen molar-refractivity contribution in [3.8, 4) is 0 Å². The van der Waals surface area contributed by atoms with Gasteiger partial charge in [-0.3, -0.25) is 9.52 Å². The van der Waals surface area contributed by atoms with E-state index in [1.807, 2.05) is 35.7 Å². The lowest BCUT2D eigenvalue weighted by Crippen LogP contribution is -2.29. The molecule has 2 N–H and O–H groups in total. The van der Waals surface area contributed by atoms with Crippen LogP contribution in [-0.4, -0.2) is 11.4 Å². The normalized spacial score (nSPS) is 11.4. The van der Waals surface area contributed by atoms with Gasteiger partial charge in [-0.25, -0.2) is 0 Å². The van der Waals surface area contributed by atoms with Gasteiger partial charge in [0.1, 0.15) is 0 Å². The lowest BCUT2D eigenvalue weighted by atomic mass is 10.1. The standard InChI is InChI=1S/C17H22N2OS2/c1-17(2,3)19-22-15-8-6-13(7-9-15)18-16(20)11-10-14-5-4-12-21-14/h4-9,12,19H,10-11H2,1-3H3,(H,18,20). The minimum atomic E-state index is 0.0571. The summed E-state index contributed by atoms with van der Waals surface area (Å²) in [6, 6.07) is 12.0. The molecule has 1 aromatic carbocycles. The van der Waals surface area contributed by atoms with Crippen LogP contribution in [0.15, 0.2) is 46.7 Å². The third kappa shape index (κ3) is 6.22. The van der Waals surface area contributed by atoms with Crippen molar-refractivity contribution in [2.45, 2.75) is 44.0 Å². The first kappa shape index (κ1) is 17.1. The van der Waals surface area contributed by atoms with Gasteiger partial charge in [-0.1, -0.05) is 6.07 Å². The highest BCUT2D eigenvalue weighted by Gasteiger charge is 2.09. The van der Waals surface area contributed by atoms with Crippen LogP contribution in [0, 0.1) is 0 Å². The molecular weight excluding hydrogens is 312 g/mol. The average molecular weight is 335 g/mol. The molecule has 0 aliphatic heterocycles. The smallest absolute Gasteiger partial charge is 0.224 e. The number of carbonyl (C=O) groups excluding carboxylic acids is 1. The van der Waals surface area contributed by atoms with Crippen molar-refractivity contribution in [2.24, 2.45) is 0 Å². The number of rotatable bonds is 6. The molecule has 5 heteroatoms. The molecule has 0 aliphatic rings. The summed E-state index contributed by atoms with van der Waals surface area (Å²) < 4.78 is 3.36. The van der Waals surface area contributed by atoms with Crippen molar-refractivity contribution in [1.29, 1.82) is 0 Å². The molecule has 0 atom stereocenters. The van der Waals surface area contributed by atoms with Gasteiger partial charge in [0.05, 0.1) is 0 Å². The van der Waals surface area contributed by atoms with Gasteiger partial charge in [-0.2, -0.15) is 0 Å². The average Bonchev–Trinajstić information content (AvgIpc) is 2.97. The number of aryl methyl sites for hydroxylation is 1. The van der Waals surface area contributed by atoms with Crippen LogP contribution in [-0.2, 0) is 11.2 Å². The van der Waals surface area contributed by atoms with Crippen LogP contribution in [0.4, 0.5) is 5.69 Å². The molecule has 0 aliphatic carbocycles. The summed E-state index contributed by atoms with van der Waals surface area (Å²) in [5, 5.41) is 4.98. The molecule has 118 valence electrons. The Balaban J connectivity index is 1.79. The molecule has 22 heavy (non-hydrogen) atoms.